The summed E-state index contributed by atoms with van der Waals surface area (Å²) in [5.74, 6) is -0.361. The Bertz CT molecular complexity index is 767. The van der Waals surface area contributed by atoms with Gasteiger partial charge < -0.3 is 4.74 Å². The number of para-hydroxylation sites is 1. The molecule has 2 rings (SSSR count). The van der Waals surface area contributed by atoms with Gasteiger partial charge in [0.15, 0.2) is 0 Å². The molecule has 0 spiro atoms. The number of carbonyl (C=O) groups is 1. The number of esters is 1. The highest BCUT2D eigenvalue weighted by atomic mass is 16.6. The van der Waals surface area contributed by atoms with E-state index in [9.17, 15) is 4.79 Å². The van der Waals surface area contributed by atoms with Crippen molar-refractivity contribution in [3.05, 3.63) is 71.3 Å². The fourth-order valence-corrected chi connectivity index (χ4v) is 2.11. The van der Waals surface area contributed by atoms with E-state index in [2.05, 4.69) is 18.0 Å². The van der Waals surface area contributed by atoms with Gasteiger partial charge in [0.05, 0.1) is 5.69 Å². The van der Waals surface area contributed by atoms with Gasteiger partial charge in [-0.1, -0.05) is 42.5 Å². The van der Waals surface area contributed by atoms with Crippen molar-refractivity contribution in [1.82, 2.24) is 0 Å². The Balaban J connectivity index is 2.19. The van der Waals surface area contributed by atoms with E-state index in [1.807, 2.05) is 69.5 Å². The average Bonchev–Trinajstić information content (AvgIpc) is 2.51. The molecule has 0 unspecified atom stereocenters. The van der Waals surface area contributed by atoms with Gasteiger partial charge in [-0.25, -0.2) is 4.79 Å². The number of aliphatic imine (C=N–C) groups is 1. The Labute approximate surface area is 143 Å². The Hall–Kier alpha value is -2.68. The smallest absolute Gasteiger partial charge is 0.331 e. The standard InChI is InChI=1S/C21H23NO2/c1-16-9-5-6-11-18(16)15-22-19-12-8-7-10-17(19)13-14-20(23)24-21(2,3)4/h5-15H,1-4H3/b14-13+,22-15?. The zero-order valence-electron chi connectivity index (χ0n) is 14.6. The maximum Gasteiger partial charge on any atom is 0.331 e. The van der Waals surface area contributed by atoms with E-state index in [-0.39, 0.29) is 5.97 Å². The monoisotopic (exact) mass is 321 g/mol. The van der Waals surface area contributed by atoms with Crippen LogP contribution in [0.4, 0.5) is 5.69 Å². The summed E-state index contributed by atoms with van der Waals surface area (Å²) in [6.07, 6.45) is 5.02. The molecule has 0 aliphatic heterocycles. The van der Waals surface area contributed by atoms with Crippen LogP contribution in [-0.2, 0) is 9.53 Å². The zero-order valence-corrected chi connectivity index (χ0v) is 14.6. The summed E-state index contributed by atoms with van der Waals surface area (Å²) in [6, 6.07) is 15.8. The van der Waals surface area contributed by atoms with E-state index in [0.717, 1.165) is 16.8 Å². The molecule has 0 heterocycles. The molecule has 0 radical (unpaired) electrons. The highest BCUT2D eigenvalue weighted by Gasteiger charge is 2.13. The van der Waals surface area contributed by atoms with Crippen LogP contribution in [0, 0.1) is 6.92 Å². The number of carbonyl (C=O) groups excluding carboxylic acids is 1. The lowest BCUT2D eigenvalue weighted by Crippen LogP contribution is -2.22. The lowest BCUT2D eigenvalue weighted by atomic mass is 10.1. The first kappa shape index (κ1) is 17.7. The van der Waals surface area contributed by atoms with Crippen LogP contribution in [0.25, 0.3) is 6.08 Å². The second-order valence-corrected chi connectivity index (χ2v) is 6.54. The molecule has 0 saturated carbocycles. The third-order valence-electron chi connectivity index (χ3n) is 3.27. The third-order valence-corrected chi connectivity index (χ3v) is 3.27. The Morgan fingerprint density at radius 1 is 1.00 bits per heavy atom. The van der Waals surface area contributed by atoms with Gasteiger partial charge in [-0.3, -0.25) is 4.99 Å². The van der Waals surface area contributed by atoms with Crippen LogP contribution in [-0.4, -0.2) is 17.8 Å². The predicted octanol–water partition coefficient (Wildman–Crippen LogP) is 5.10. The van der Waals surface area contributed by atoms with Crippen molar-refractivity contribution in [2.24, 2.45) is 4.99 Å². The summed E-state index contributed by atoms with van der Waals surface area (Å²) in [7, 11) is 0. The maximum absolute atomic E-state index is 11.8. The molecule has 0 N–H and O–H groups in total. The fourth-order valence-electron chi connectivity index (χ4n) is 2.11. The summed E-state index contributed by atoms with van der Waals surface area (Å²) in [5.41, 5.74) is 3.42. The van der Waals surface area contributed by atoms with Crippen molar-refractivity contribution < 1.29 is 9.53 Å². The van der Waals surface area contributed by atoms with E-state index in [0.29, 0.717) is 0 Å². The highest BCUT2D eigenvalue weighted by molar-refractivity contribution is 5.89. The topological polar surface area (TPSA) is 38.7 Å². The minimum Gasteiger partial charge on any atom is -0.457 e. The van der Waals surface area contributed by atoms with Gasteiger partial charge >= 0.3 is 5.97 Å². The van der Waals surface area contributed by atoms with E-state index >= 15 is 0 Å². The van der Waals surface area contributed by atoms with Crippen molar-refractivity contribution in [2.75, 3.05) is 0 Å². The number of hydrogen-bond acceptors (Lipinski definition) is 3. The van der Waals surface area contributed by atoms with E-state index < -0.39 is 5.60 Å². The predicted molar refractivity (Wildman–Crippen MR) is 99.8 cm³/mol. The summed E-state index contributed by atoms with van der Waals surface area (Å²) in [6.45, 7) is 7.59. The number of benzene rings is 2. The molecule has 0 bridgehead atoms. The number of hydrogen-bond donors (Lipinski definition) is 0. The number of ether oxygens (including phenoxy) is 1. The van der Waals surface area contributed by atoms with Crippen molar-refractivity contribution in [3.8, 4) is 0 Å². The summed E-state index contributed by atoms with van der Waals surface area (Å²) < 4.78 is 5.28. The first-order chi connectivity index (χ1) is 11.3. The SMILES string of the molecule is Cc1ccccc1C=Nc1ccccc1/C=C/C(=O)OC(C)(C)C. The van der Waals surface area contributed by atoms with Crippen molar-refractivity contribution in [2.45, 2.75) is 33.3 Å². The maximum atomic E-state index is 11.8. The van der Waals surface area contributed by atoms with Crippen molar-refractivity contribution in [3.63, 3.8) is 0 Å². The quantitative estimate of drug-likeness (QED) is 0.446. The first-order valence-corrected chi connectivity index (χ1v) is 7.95. The summed E-state index contributed by atoms with van der Waals surface area (Å²) >= 11 is 0. The Morgan fingerprint density at radius 3 is 2.29 bits per heavy atom. The molecule has 0 fully saturated rings. The molecule has 0 aliphatic carbocycles. The molecule has 0 aliphatic rings. The summed E-state index contributed by atoms with van der Waals surface area (Å²) in [5, 5.41) is 0. The van der Waals surface area contributed by atoms with Gasteiger partial charge in [0.1, 0.15) is 5.60 Å². The molecular formula is C21H23NO2. The van der Waals surface area contributed by atoms with E-state index in [1.165, 1.54) is 11.6 Å². The minimum absolute atomic E-state index is 0.361. The molecule has 0 saturated heterocycles. The molecular weight excluding hydrogens is 298 g/mol. The second-order valence-electron chi connectivity index (χ2n) is 6.54. The Morgan fingerprint density at radius 2 is 1.62 bits per heavy atom. The normalized spacial score (nSPS) is 12.0. The largest absolute Gasteiger partial charge is 0.457 e. The van der Waals surface area contributed by atoms with Crippen molar-refractivity contribution >= 4 is 23.9 Å². The molecule has 0 atom stereocenters. The molecule has 2 aromatic carbocycles. The molecule has 24 heavy (non-hydrogen) atoms. The molecule has 2 aromatic rings. The number of rotatable bonds is 4. The van der Waals surface area contributed by atoms with Crippen LogP contribution in [0.3, 0.4) is 0 Å². The van der Waals surface area contributed by atoms with Gasteiger partial charge in [0, 0.05) is 17.9 Å². The van der Waals surface area contributed by atoms with Gasteiger partial charge in [0.25, 0.3) is 0 Å². The Kier molecular flexibility index (Phi) is 5.69. The lowest BCUT2D eigenvalue weighted by molar-refractivity contribution is -0.148. The molecule has 0 amide bonds. The van der Waals surface area contributed by atoms with Crippen LogP contribution < -0.4 is 0 Å². The lowest BCUT2D eigenvalue weighted by Gasteiger charge is -2.17. The molecule has 0 aromatic heterocycles. The van der Waals surface area contributed by atoms with Crippen LogP contribution in [0.5, 0.6) is 0 Å². The highest BCUT2D eigenvalue weighted by Crippen LogP contribution is 2.21. The van der Waals surface area contributed by atoms with E-state index in [4.69, 9.17) is 4.74 Å². The third kappa shape index (κ3) is 5.51. The van der Waals surface area contributed by atoms with Crippen LogP contribution in [0.1, 0.15) is 37.5 Å². The number of nitrogens with zero attached hydrogens (tertiary/aromatic N) is 1. The first-order valence-electron chi connectivity index (χ1n) is 7.95. The van der Waals surface area contributed by atoms with Crippen molar-refractivity contribution in [1.29, 1.82) is 0 Å². The van der Waals surface area contributed by atoms with Crippen LogP contribution in [0.2, 0.25) is 0 Å². The minimum atomic E-state index is -0.496. The van der Waals surface area contributed by atoms with Crippen LogP contribution in [0.15, 0.2) is 59.6 Å². The second kappa shape index (κ2) is 7.73. The fraction of sp³-hybridized carbons (Fsp3) is 0.238. The molecule has 3 heteroatoms. The van der Waals surface area contributed by atoms with Gasteiger partial charge in [0.2, 0.25) is 0 Å². The van der Waals surface area contributed by atoms with Gasteiger partial charge in [-0.05, 0) is 51.0 Å². The number of aryl methyl sites for hydroxylation is 1. The van der Waals surface area contributed by atoms with Crippen LogP contribution >= 0.6 is 0 Å². The van der Waals surface area contributed by atoms with Gasteiger partial charge in [-0.2, -0.15) is 0 Å². The molecule has 124 valence electrons. The zero-order chi connectivity index (χ0) is 17.6. The van der Waals surface area contributed by atoms with E-state index in [1.54, 1.807) is 6.08 Å². The molecule has 3 nitrogen and oxygen atoms in total. The summed E-state index contributed by atoms with van der Waals surface area (Å²) in [4.78, 5) is 16.4. The van der Waals surface area contributed by atoms with Gasteiger partial charge in [-0.15, -0.1) is 0 Å². The average molecular weight is 321 g/mol.